The Balaban J connectivity index is 2.05. The summed E-state index contributed by atoms with van der Waals surface area (Å²) in [6.45, 7) is 1.88. The van der Waals surface area contributed by atoms with Crippen molar-refractivity contribution in [2.24, 2.45) is 0 Å². The second-order valence-electron chi connectivity index (χ2n) is 4.48. The van der Waals surface area contributed by atoms with E-state index in [0.29, 0.717) is 18.7 Å². The highest BCUT2D eigenvalue weighted by Crippen LogP contribution is 2.27. The number of anilines is 1. The van der Waals surface area contributed by atoms with Gasteiger partial charge < -0.3 is 14.4 Å². The fourth-order valence-electron chi connectivity index (χ4n) is 2.02. The fourth-order valence-corrected chi connectivity index (χ4v) is 2.02. The van der Waals surface area contributed by atoms with Crippen molar-refractivity contribution in [1.29, 1.82) is 0 Å². The summed E-state index contributed by atoms with van der Waals surface area (Å²) in [7, 11) is 0. The Bertz CT molecular complexity index is 530. The Kier molecular flexibility index (Phi) is 4.40. The van der Waals surface area contributed by atoms with Gasteiger partial charge in [-0.05, 0) is 37.6 Å². The van der Waals surface area contributed by atoms with Gasteiger partial charge in [0.05, 0.1) is 6.61 Å². The predicted molar refractivity (Wildman–Crippen MR) is 70.2 cm³/mol. The molecule has 7 heteroatoms. The summed E-state index contributed by atoms with van der Waals surface area (Å²) in [6.07, 6.45) is -2.78. The molecule has 1 fully saturated rings. The zero-order valence-corrected chi connectivity index (χ0v) is 11.5. The first-order valence-electron chi connectivity index (χ1n) is 6.58. The molecule has 1 aromatic carbocycles. The molecule has 0 saturated carbocycles. The molecule has 0 aromatic heterocycles. The number of hydrogen-bond acceptors (Lipinski definition) is 4. The van der Waals surface area contributed by atoms with E-state index in [1.54, 1.807) is 4.90 Å². The number of carbonyl (C=O) groups is 2. The van der Waals surface area contributed by atoms with Crippen LogP contribution in [-0.2, 0) is 14.3 Å². The lowest BCUT2D eigenvalue weighted by Gasteiger charge is -2.18. The Labute approximate surface area is 120 Å². The Hall–Kier alpha value is -2.18. The topological polar surface area (TPSA) is 55.8 Å². The second kappa shape index (κ2) is 6.07. The summed E-state index contributed by atoms with van der Waals surface area (Å²) < 4.78 is 35.4. The van der Waals surface area contributed by atoms with Crippen LogP contribution in [0.25, 0.3) is 0 Å². The molecular weight excluding hydrogens is 284 g/mol. The molecular formula is C14H15F2NO4. The van der Waals surface area contributed by atoms with Crippen molar-refractivity contribution in [3.8, 4) is 5.75 Å². The van der Waals surface area contributed by atoms with E-state index in [1.165, 1.54) is 31.2 Å². The minimum atomic E-state index is -4.04. The van der Waals surface area contributed by atoms with Gasteiger partial charge in [-0.1, -0.05) is 0 Å². The maximum Gasteiger partial charge on any atom is 0.502 e. The molecule has 0 unspecified atom stereocenters. The lowest BCUT2D eigenvalue weighted by Crippen LogP contribution is -2.36. The van der Waals surface area contributed by atoms with Crippen molar-refractivity contribution in [2.45, 2.75) is 25.9 Å². The van der Waals surface area contributed by atoms with Gasteiger partial charge in [0, 0.05) is 18.7 Å². The number of amides is 1. The molecule has 5 nitrogen and oxygen atoms in total. The largest absolute Gasteiger partial charge is 0.502 e. The van der Waals surface area contributed by atoms with Gasteiger partial charge in [0.2, 0.25) is 5.91 Å². The molecule has 114 valence electrons. The van der Waals surface area contributed by atoms with Crippen LogP contribution in [0.15, 0.2) is 24.3 Å². The van der Waals surface area contributed by atoms with E-state index < -0.39 is 12.1 Å². The molecule has 1 saturated heterocycles. The Morgan fingerprint density at radius 1 is 1.33 bits per heavy atom. The van der Waals surface area contributed by atoms with Crippen molar-refractivity contribution >= 4 is 17.6 Å². The molecule has 0 N–H and O–H groups in total. The van der Waals surface area contributed by atoms with E-state index in [2.05, 4.69) is 9.47 Å². The maximum absolute atomic E-state index is 13.4. The highest BCUT2D eigenvalue weighted by Gasteiger charge is 2.44. The van der Waals surface area contributed by atoms with E-state index in [9.17, 15) is 18.4 Å². The standard InChI is InChI=1S/C14H15F2NO4/c1-2-20-13(19)14(15,16)21-11-7-5-10(6-8-11)17-9-3-4-12(17)18/h5-8H,2-4,9H2,1H3. The van der Waals surface area contributed by atoms with Gasteiger partial charge in [-0.3, -0.25) is 4.79 Å². The normalized spacial score (nSPS) is 15.2. The molecule has 0 atom stereocenters. The fraction of sp³-hybridized carbons (Fsp3) is 0.429. The number of hydrogen-bond donors (Lipinski definition) is 0. The summed E-state index contributed by atoms with van der Waals surface area (Å²) in [5.74, 6) is -1.91. The summed E-state index contributed by atoms with van der Waals surface area (Å²) >= 11 is 0. The number of carbonyl (C=O) groups excluding carboxylic acids is 2. The maximum atomic E-state index is 13.4. The smallest absolute Gasteiger partial charge is 0.459 e. The molecule has 0 spiro atoms. The second-order valence-corrected chi connectivity index (χ2v) is 4.48. The zero-order chi connectivity index (χ0) is 15.5. The lowest BCUT2D eigenvalue weighted by molar-refractivity contribution is -0.216. The van der Waals surface area contributed by atoms with Crippen LogP contribution >= 0.6 is 0 Å². The molecule has 21 heavy (non-hydrogen) atoms. The zero-order valence-electron chi connectivity index (χ0n) is 11.5. The number of rotatable bonds is 5. The van der Waals surface area contributed by atoms with Gasteiger partial charge in [-0.2, -0.15) is 8.78 Å². The molecule has 1 aliphatic heterocycles. The third kappa shape index (κ3) is 3.48. The Morgan fingerprint density at radius 2 is 2.00 bits per heavy atom. The van der Waals surface area contributed by atoms with Crippen LogP contribution in [0.5, 0.6) is 5.75 Å². The van der Waals surface area contributed by atoms with Gasteiger partial charge in [0.1, 0.15) is 5.75 Å². The van der Waals surface area contributed by atoms with Gasteiger partial charge in [-0.25, -0.2) is 4.79 Å². The van der Waals surface area contributed by atoms with E-state index >= 15 is 0 Å². The summed E-state index contributed by atoms with van der Waals surface area (Å²) in [5, 5.41) is 0. The molecule has 1 amide bonds. The molecule has 0 aliphatic carbocycles. The van der Waals surface area contributed by atoms with Crippen molar-refractivity contribution in [2.75, 3.05) is 18.1 Å². The summed E-state index contributed by atoms with van der Waals surface area (Å²) in [4.78, 5) is 24.2. The van der Waals surface area contributed by atoms with Gasteiger partial charge in [-0.15, -0.1) is 0 Å². The van der Waals surface area contributed by atoms with Crippen LogP contribution in [-0.4, -0.2) is 31.1 Å². The van der Waals surface area contributed by atoms with Crippen LogP contribution < -0.4 is 9.64 Å². The molecule has 1 aliphatic rings. The quantitative estimate of drug-likeness (QED) is 0.783. The molecule has 2 rings (SSSR count). The summed E-state index contributed by atoms with van der Waals surface area (Å²) in [6, 6.07) is 5.57. The number of halogens is 2. The monoisotopic (exact) mass is 299 g/mol. The van der Waals surface area contributed by atoms with E-state index in [4.69, 9.17) is 0 Å². The van der Waals surface area contributed by atoms with Crippen LogP contribution in [0.4, 0.5) is 14.5 Å². The molecule has 1 aromatic rings. The number of nitrogens with zero attached hydrogens (tertiary/aromatic N) is 1. The first-order chi connectivity index (χ1) is 9.94. The highest BCUT2D eigenvalue weighted by molar-refractivity contribution is 5.95. The van der Waals surface area contributed by atoms with Crippen molar-refractivity contribution in [1.82, 2.24) is 0 Å². The van der Waals surface area contributed by atoms with E-state index in [-0.39, 0.29) is 18.3 Å². The van der Waals surface area contributed by atoms with Crippen molar-refractivity contribution < 1.29 is 27.8 Å². The first-order valence-corrected chi connectivity index (χ1v) is 6.58. The number of esters is 1. The summed E-state index contributed by atoms with van der Waals surface area (Å²) in [5.41, 5.74) is 0.615. The van der Waals surface area contributed by atoms with Crippen LogP contribution in [0, 0.1) is 0 Å². The highest BCUT2D eigenvalue weighted by atomic mass is 19.3. The number of benzene rings is 1. The first kappa shape index (κ1) is 15.2. The molecule has 0 radical (unpaired) electrons. The third-order valence-corrected chi connectivity index (χ3v) is 2.98. The van der Waals surface area contributed by atoms with Gasteiger partial charge >= 0.3 is 12.1 Å². The predicted octanol–water partition coefficient (Wildman–Crippen LogP) is 2.35. The van der Waals surface area contributed by atoms with Crippen molar-refractivity contribution in [3.05, 3.63) is 24.3 Å². The lowest BCUT2D eigenvalue weighted by atomic mass is 10.3. The molecule has 0 bridgehead atoms. The van der Waals surface area contributed by atoms with Crippen LogP contribution in [0.1, 0.15) is 19.8 Å². The average Bonchev–Trinajstić information content (AvgIpc) is 2.86. The minimum absolute atomic E-state index is 0.000483. The number of alkyl halides is 2. The van der Waals surface area contributed by atoms with Gasteiger partial charge in [0.15, 0.2) is 0 Å². The number of ether oxygens (including phenoxy) is 2. The third-order valence-electron chi connectivity index (χ3n) is 2.98. The van der Waals surface area contributed by atoms with E-state index in [1.807, 2.05) is 0 Å². The van der Waals surface area contributed by atoms with Crippen LogP contribution in [0.3, 0.4) is 0 Å². The SMILES string of the molecule is CCOC(=O)C(F)(F)Oc1ccc(N2CCCC2=O)cc1. The average molecular weight is 299 g/mol. The van der Waals surface area contributed by atoms with Gasteiger partial charge in [0.25, 0.3) is 0 Å². The molecule has 1 heterocycles. The van der Waals surface area contributed by atoms with Crippen molar-refractivity contribution in [3.63, 3.8) is 0 Å². The minimum Gasteiger partial charge on any atom is -0.459 e. The van der Waals surface area contributed by atoms with Crippen LogP contribution in [0.2, 0.25) is 0 Å². The van der Waals surface area contributed by atoms with E-state index in [0.717, 1.165) is 6.42 Å². The Morgan fingerprint density at radius 3 is 2.52 bits per heavy atom.